The Morgan fingerprint density at radius 2 is 2.04 bits per heavy atom. The third kappa shape index (κ3) is 5.21. The number of morpholine rings is 1. The van der Waals surface area contributed by atoms with E-state index in [1.165, 1.54) is 0 Å². The molecule has 150 valence electrons. The molecule has 0 saturated carbocycles. The highest BCUT2D eigenvalue weighted by Gasteiger charge is 2.19. The van der Waals surface area contributed by atoms with Gasteiger partial charge in [-0.05, 0) is 32.9 Å². The molecule has 1 aromatic heterocycles. The highest BCUT2D eigenvalue weighted by Crippen LogP contribution is 2.25. The highest BCUT2D eigenvalue weighted by molar-refractivity contribution is 6.12. The van der Waals surface area contributed by atoms with Gasteiger partial charge in [0.05, 0.1) is 24.5 Å². The lowest BCUT2D eigenvalue weighted by Gasteiger charge is -2.29. The molecule has 0 atom stereocenters. The summed E-state index contributed by atoms with van der Waals surface area (Å²) in [7, 11) is 0. The van der Waals surface area contributed by atoms with Crippen molar-refractivity contribution in [3.63, 3.8) is 0 Å². The number of hydrogen-bond acceptors (Lipinski definition) is 7. The number of nitrogens with zero attached hydrogens (tertiary/aromatic N) is 3. The van der Waals surface area contributed by atoms with Gasteiger partial charge in [0, 0.05) is 30.4 Å². The summed E-state index contributed by atoms with van der Waals surface area (Å²) in [6.45, 7) is 8.46. The fourth-order valence-electron chi connectivity index (χ4n) is 3.02. The smallest absolute Gasteiger partial charge is 0.216 e. The second-order valence-corrected chi connectivity index (χ2v) is 7.60. The second-order valence-electron chi connectivity index (χ2n) is 7.60. The zero-order valence-corrected chi connectivity index (χ0v) is 16.7. The van der Waals surface area contributed by atoms with E-state index in [0.717, 1.165) is 29.9 Å². The number of nitrogens with two attached hydrogens (primary N) is 1. The summed E-state index contributed by atoms with van der Waals surface area (Å²) in [4.78, 5) is 6.82. The van der Waals surface area contributed by atoms with Crippen molar-refractivity contribution in [1.29, 1.82) is 0 Å². The van der Waals surface area contributed by atoms with Gasteiger partial charge in [0.15, 0.2) is 0 Å². The van der Waals surface area contributed by atoms with Crippen LogP contribution in [0.2, 0.25) is 0 Å². The van der Waals surface area contributed by atoms with Crippen LogP contribution in [-0.2, 0) is 4.74 Å². The molecule has 0 aliphatic carbocycles. The summed E-state index contributed by atoms with van der Waals surface area (Å²) in [5, 5.41) is 14.0. The Hall–Kier alpha value is -2.64. The van der Waals surface area contributed by atoms with E-state index in [9.17, 15) is 5.11 Å². The molecule has 7 nitrogen and oxygen atoms in total. The number of anilines is 1. The molecule has 0 unspecified atom stereocenters. The Morgan fingerprint density at radius 1 is 1.29 bits per heavy atom. The molecule has 3 rings (SSSR count). The molecule has 28 heavy (non-hydrogen) atoms. The van der Waals surface area contributed by atoms with Crippen molar-refractivity contribution < 1.29 is 14.6 Å². The van der Waals surface area contributed by atoms with Crippen LogP contribution in [0.1, 0.15) is 30.7 Å². The lowest BCUT2D eigenvalue weighted by atomic mass is 10.0. The normalized spacial score (nSPS) is 15.6. The van der Waals surface area contributed by atoms with Gasteiger partial charge in [-0.3, -0.25) is 0 Å². The Balaban J connectivity index is 2.00. The van der Waals surface area contributed by atoms with Crippen LogP contribution in [0.5, 0.6) is 5.88 Å². The Bertz CT molecular complexity index is 840. The number of benzene rings is 1. The maximum Gasteiger partial charge on any atom is 0.216 e. The molecule has 0 amide bonds. The minimum absolute atomic E-state index is 0.131. The van der Waals surface area contributed by atoms with Gasteiger partial charge in [-0.2, -0.15) is 5.10 Å². The third-order valence-electron chi connectivity index (χ3n) is 4.40. The van der Waals surface area contributed by atoms with Gasteiger partial charge in [-0.1, -0.05) is 23.8 Å². The first kappa shape index (κ1) is 20.1. The average Bonchev–Trinajstić information content (AvgIpc) is 2.67. The van der Waals surface area contributed by atoms with Crippen LogP contribution >= 0.6 is 0 Å². The van der Waals surface area contributed by atoms with Crippen LogP contribution in [0.4, 0.5) is 5.69 Å². The van der Waals surface area contributed by atoms with E-state index in [0.29, 0.717) is 30.5 Å². The number of rotatable bonds is 6. The zero-order chi connectivity index (χ0) is 20.1. The van der Waals surface area contributed by atoms with Gasteiger partial charge in [-0.15, -0.1) is 0 Å². The van der Waals surface area contributed by atoms with Gasteiger partial charge in [-0.25, -0.2) is 4.98 Å². The number of aryl methyl sites for hydroxylation is 1. The summed E-state index contributed by atoms with van der Waals surface area (Å²) in [6.07, 6.45) is 0. The molecular weight excluding hydrogens is 356 g/mol. The second kappa shape index (κ2) is 8.58. The third-order valence-corrected chi connectivity index (χ3v) is 4.40. The maximum absolute atomic E-state index is 10.0. The van der Waals surface area contributed by atoms with Crippen molar-refractivity contribution in [2.45, 2.75) is 26.4 Å². The topological polar surface area (TPSA) is 93.2 Å². The van der Waals surface area contributed by atoms with Crippen molar-refractivity contribution in [1.82, 2.24) is 4.98 Å². The van der Waals surface area contributed by atoms with Crippen LogP contribution < -0.4 is 15.5 Å². The van der Waals surface area contributed by atoms with E-state index in [1.807, 2.05) is 43.3 Å². The Morgan fingerprint density at radius 3 is 2.68 bits per heavy atom. The first-order chi connectivity index (χ1) is 13.4. The van der Waals surface area contributed by atoms with E-state index in [1.54, 1.807) is 13.8 Å². The standard InChI is InChI=1S/C21H28N4O3/c1-15-5-4-6-16(11-15)20(24-22)18-12-17(25-7-9-27-10-8-25)13-19(23-18)28-14-21(2,3)26/h4-6,11-13,26H,7-10,14,22H2,1-3H3. The SMILES string of the molecule is Cc1cccc(C(=NN)c2cc(N3CCOCC3)cc(OCC(C)(C)O)n2)c1. The number of hydrogen-bond donors (Lipinski definition) is 2. The van der Waals surface area contributed by atoms with Crippen molar-refractivity contribution in [3.8, 4) is 5.88 Å². The van der Waals surface area contributed by atoms with Gasteiger partial charge >= 0.3 is 0 Å². The summed E-state index contributed by atoms with van der Waals surface area (Å²) in [5.41, 5.74) is 3.23. The molecular formula is C21H28N4O3. The molecule has 3 N–H and O–H groups in total. The molecule has 2 heterocycles. The number of aliphatic hydroxyl groups is 1. The number of ether oxygens (including phenoxy) is 2. The quantitative estimate of drug-likeness (QED) is 0.450. The first-order valence-electron chi connectivity index (χ1n) is 9.41. The van der Waals surface area contributed by atoms with Crippen LogP contribution in [0.25, 0.3) is 0 Å². The van der Waals surface area contributed by atoms with E-state index in [4.69, 9.17) is 15.3 Å². The molecule has 1 saturated heterocycles. The Labute approximate surface area is 165 Å². The maximum atomic E-state index is 10.0. The monoisotopic (exact) mass is 384 g/mol. The summed E-state index contributed by atoms with van der Waals surface area (Å²) >= 11 is 0. The molecule has 0 radical (unpaired) electrons. The molecule has 1 fully saturated rings. The predicted molar refractivity (Wildman–Crippen MR) is 110 cm³/mol. The summed E-state index contributed by atoms with van der Waals surface area (Å²) in [5.74, 6) is 6.17. The van der Waals surface area contributed by atoms with Gasteiger partial charge < -0.3 is 25.3 Å². The molecule has 2 aromatic rings. The molecule has 0 spiro atoms. The van der Waals surface area contributed by atoms with E-state index < -0.39 is 5.60 Å². The van der Waals surface area contributed by atoms with Crippen LogP contribution in [0.3, 0.4) is 0 Å². The van der Waals surface area contributed by atoms with Crippen LogP contribution in [-0.4, -0.2) is 54.3 Å². The van der Waals surface area contributed by atoms with Gasteiger partial charge in [0.1, 0.15) is 12.3 Å². The largest absolute Gasteiger partial charge is 0.475 e. The molecule has 1 aliphatic rings. The number of aromatic nitrogens is 1. The Kier molecular flexibility index (Phi) is 6.16. The van der Waals surface area contributed by atoms with Crippen molar-refractivity contribution >= 4 is 11.4 Å². The van der Waals surface area contributed by atoms with Crippen molar-refractivity contribution in [2.24, 2.45) is 10.9 Å². The van der Waals surface area contributed by atoms with Crippen LogP contribution in [0.15, 0.2) is 41.5 Å². The predicted octanol–water partition coefficient (Wildman–Crippen LogP) is 2.09. The lowest BCUT2D eigenvalue weighted by molar-refractivity contribution is 0.0268. The highest BCUT2D eigenvalue weighted by atomic mass is 16.5. The average molecular weight is 384 g/mol. The van der Waals surface area contributed by atoms with E-state index in [2.05, 4.69) is 15.0 Å². The number of pyridine rings is 1. The van der Waals surface area contributed by atoms with Gasteiger partial charge in [0.25, 0.3) is 0 Å². The lowest BCUT2D eigenvalue weighted by Crippen LogP contribution is -2.36. The van der Waals surface area contributed by atoms with Gasteiger partial charge in [0.2, 0.25) is 5.88 Å². The van der Waals surface area contributed by atoms with Crippen molar-refractivity contribution in [2.75, 3.05) is 37.8 Å². The van der Waals surface area contributed by atoms with E-state index >= 15 is 0 Å². The fourth-order valence-corrected chi connectivity index (χ4v) is 3.02. The zero-order valence-electron chi connectivity index (χ0n) is 16.7. The van der Waals surface area contributed by atoms with E-state index in [-0.39, 0.29) is 6.61 Å². The summed E-state index contributed by atoms with van der Waals surface area (Å²) in [6, 6.07) is 11.8. The molecule has 7 heteroatoms. The minimum atomic E-state index is -0.960. The summed E-state index contributed by atoms with van der Waals surface area (Å²) < 4.78 is 11.2. The minimum Gasteiger partial charge on any atom is -0.475 e. The van der Waals surface area contributed by atoms with Crippen molar-refractivity contribution in [3.05, 3.63) is 53.2 Å². The molecule has 1 aromatic carbocycles. The number of hydrazone groups is 1. The molecule has 1 aliphatic heterocycles. The molecule has 0 bridgehead atoms. The van der Waals surface area contributed by atoms with Crippen LogP contribution in [0, 0.1) is 6.92 Å². The first-order valence-corrected chi connectivity index (χ1v) is 9.41. The fraction of sp³-hybridized carbons (Fsp3) is 0.429.